The van der Waals surface area contributed by atoms with E-state index in [9.17, 15) is 5.11 Å². The van der Waals surface area contributed by atoms with Gasteiger partial charge in [0.05, 0.1) is 12.3 Å². The van der Waals surface area contributed by atoms with Gasteiger partial charge in [-0.3, -0.25) is 0 Å². The third-order valence-corrected chi connectivity index (χ3v) is 3.65. The molecule has 4 nitrogen and oxygen atoms in total. The number of thiophene rings is 1. The molecule has 2 aromatic rings. The van der Waals surface area contributed by atoms with E-state index in [1.165, 1.54) is 11.3 Å². The Hall–Kier alpha value is -1.15. The van der Waals surface area contributed by atoms with Crippen LogP contribution in [0.3, 0.4) is 0 Å². The van der Waals surface area contributed by atoms with Crippen molar-refractivity contribution in [1.82, 2.24) is 9.78 Å². The average molecular weight is 440 g/mol. The minimum absolute atomic E-state index is 0. The molecule has 1 radical (unpaired) electrons. The van der Waals surface area contributed by atoms with Crippen molar-refractivity contribution in [3.63, 3.8) is 0 Å². The molecular weight excluding hydrogens is 426 g/mol. The summed E-state index contributed by atoms with van der Waals surface area (Å²) < 4.78 is 1.61. The summed E-state index contributed by atoms with van der Waals surface area (Å²) in [5, 5.41) is 14.3. The van der Waals surface area contributed by atoms with Crippen molar-refractivity contribution in [2.24, 2.45) is 0 Å². The second-order valence-electron chi connectivity index (χ2n) is 3.78. The zero-order valence-electron chi connectivity index (χ0n) is 10.3. The molecule has 18 heavy (non-hydrogen) atoms. The molecule has 0 fully saturated rings. The van der Waals surface area contributed by atoms with Gasteiger partial charge < -0.3 is 5.11 Å². The molecule has 97 valence electrons. The van der Waals surface area contributed by atoms with Crippen LogP contribution in [0, 0.1) is 20.4 Å². The summed E-state index contributed by atoms with van der Waals surface area (Å²) in [5.74, 6) is 0.259. The van der Waals surface area contributed by atoms with Gasteiger partial charge in [-0.1, -0.05) is 6.92 Å². The molecule has 0 aliphatic rings. The van der Waals surface area contributed by atoms with Gasteiger partial charge in [0.1, 0.15) is 5.69 Å². The van der Waals surface area contributed by atoms with E-state index in [0.717, 1.165) is 15.4 Å². The van der Waals surface area contributed by atoms with Gasteiger partial charge in [0.15, 0.2) is 5.75 Å². The van der Waals surface area contributed by atoms with Crippen LogP contribution in [0.4, 0.5) is 5.69 Å². The van der Waals surface area contributed by atoms with E-state index < -0.39 is 0 Å². The molecule has 0 aromatic carbocycles. The van der Waals surface area contributed by atoms with Crippen LogP contribution in [0.5, 0.6) is 5.75 Å². The van der Waals surface area contributed by atoms with Gasteiger partial charge in [0.2, 0.25) is 5.69 Å². The molecule has 2 rings (SSSR count). The van der Waals surface area contributed by atoms with Crippen LogP contribution < -0.4 is 0 Å². The zero-order chi connectivity index (χ0) is 12.6. The summed E-state index contributed by atoms with van der Waals surface area (Å²) >= 11 is 1.53. The van der Waals surface area contributed by atoms with Gasteiger partial charge in [-0.2, -0.15) is 5.10 Å². The number of rotatable bonds is 2. The second kappa shape index (κ2) is 5.66. The Morgan fingerprint density at radius 2 is 2.11 bits per heavy atom. The Morgan fingerprint density at radius 3 is 2.50 bits per heavy atom. The Kier molecular flexibility index (Phi) is 4.69. The first-order valence-electron chi connectivity index (χ1n) is 5.33. The molecule has 0 saturated carbocycles. The van der Waals surface area contributed by atoms with Gasteiger partial charge in [0, 0.05) is 36.1 Å². The molecule has 0 aliphatic heterocycles. The predicted octanol–water partition coefficient (Wildman–Crippen LogP) is 3.37. The Labute approximate surface area is 123 Å². The molecule has 0 unspecified atom stereocenters. The van der Waals surface area contributed by atoms with Crippen molar-refractivity contribution in [2.45, 2.75) is 27.2 Å². The average Bonchev–Trinajstić information content (AvgIpc) is 2.81. The molecule has 2 aromatic heterocycles. The van der Waals surface area contributed by atoms with E-state index in [-0.39, 0.29) is 25.9 Å². The minimum Gasteiger partial charge on any atom is -0.505 e. The molecule has 0 saturated heterocycles. The van der Waals surface area contributed by atoms with Gasteiger partial charge in [-0.25, -0.2) is 9.53 Å². The largest absolute Gasteiger partial charge is 0.505 e. The summed E-state index contributed by atoms with van der Waals surface area (Å²) in [6, 6.07) is 0. The Morgan fingerprint density at radius 1 is 1.44 bits per heavy atom. The van der Waals surface area contributed by atoms with E-state index in [1.807, 2.05) is 20.8 Å². The van der Waals surface area contributed by atoms with Gasteiger partial charge >= 0.3 is 0 Å². The van der Waals surface area contributed by atoms with Crippen molar-refractivity contribution >= 4 is 17.0 Å². The summed E-state index contributed by atoms with van der Waals surface area (Å²) in [7, 11) is 0. The van der Waals surface area contributed by atoms with Crippen molar-refractivity contribution in [2.75, 3.05) is 0 Å². The second-order valence-corrected chi connectivity index (χ2v) is 5.21. The molecule has 0 spiro atoms. The first-order chi connectivity index (χ1) is 8.08. The SMILES string of the molecule is [C-]#[N+]c1cn(-c2c(C)sc(C)c2O)nc1CC.[Ir]. The van der Waals surface area contributed by atoms with Crippen LogP contribution in [0.1, 0.15) is 22.4 Å². The molecule has 1 N–H and O–H groups in total. The smallest absolute Gasteiger partial charge is 0.227 e. The predicted molar refractivity (Wildman–Crippen MR) is 68.2 cm³/mol. The molecule has 6 heteroatoms. The Balaban J connectivity index is 0.00000162. The third-order valence-electron chi connectivity index (χ3n) is 2.65. The maximum absolute atomic E-state index is 9.99. The van der Waals surface area contributed by atoms with Crippen LogP contribution in [-0.2, 0) is 26.5 Å². The van der Waals surface area contributed by atoms with E-state index in [0.29, 0.717) is 17.8 Å². The van der Waals surface area contributed by atoms with Crippen molar-refractivity contribution < 1.29 is 25.2 Å². The molecule has 0 atom stereocenters. The van der Waals surface area contributed by atoms with Crippen molar-refractivity contribution in [3.05, 3.63) is 33.1 Å². The number of hydrogen-bond acceptors (Lipinski definition) is 3. The molecule has 0 aliphatic carbocycles. The molecule has 2 heterocycles. The number of hydrogen-bond donors (Lipinski definition) is 1. The standard InChI is InChI=1S/C12H13N3OS.Ir/c1-5-9-10(13-4)6-15(14-9)11-7(2)17-8(3)12(11)16;/h6,16H,5H2,1-3H3;. The molecule has 0 bridgehead atoms. The number of nitrogens with zero attached hydrogens (tertiary/aromatic N) is 3. The fourth-order valence-corrected chi connectivity index (χ4v) is 2.73. The monoisotopic (exact) mass is 440 g/mol. The first-order valence-corrected chi connectivity index (χ1v) is 6.15. The molecular formula is C12H13IrN3OS. The van der Waals surface area contributed by atoms with E-state index >= 15 is 0 Å². The van der Waals surface area contributed by atoms with Gasteiger partial charge in [0.25, 0.3) is 0 Å². The van der Waals surface area contributed by atoms with Crippen LogP contribution in [-0.4, -0.2) is 14.9 Å². The van der Waals surface area contributed by atoms with Crippen LogP contribution in [0.15, 0.2) is 6.20 Å². The van der Waals surface area contributed by atoms with Crippen molar-refractivity contribution in [3.8, 4) is 11.4 Å². The van der Waals surface area contributed by atoms with Crippen molar-refractivity contribution in [1.29, 1.82) is 0 Å². The summed E-state index contributed by atoms with van der Waals surface area (Å²) in [4.78, 5) is 5.31. The maximum Gasteiger partial charge on any atom is 0.227 e. The van der Waals surface area contributed by atoms with E-state index in [1.54, 1.807) is 10.9 Å². The van der Waals surface area contributed by atoms with Crippen LogP contribution in [0.2, 0.25) is 0 Å². The van der Waals surface area contributed by atoms with E-state index in [2.05, 4.69) is 9.94 Å². The normalized spacial score (nSPS) is 9.89. The van der Waals surface area contributed by atoms with E-state index in [4.69, 9.17) is 6.57 Å². The molecule has 0 amide bonds. The third kappa shape index (κ3) is 2.35. The zero-order valence-corrected chi connectivity index (χ0v) is 13.5. The Bertz CT molecular complexity index is 610. The summed E-state index contributed by atoms with van der Waals surface area (Å²) in [5.41, 5.74) is 2.01. The fraction of sp³-hybridized carbons (Fsp3) is 0.333. The number of aryl methyl sites for hydroxylation is 3. The summed E-state index contributed by atoms with van der Waals surface area (Å²) in [6.45, 7) is 12.9. The fourth-order valence-electron chi connectivity index (χ4n) is 1.79. The van der Waals surface area contributed by atoms with Crippen LogP contribution in [0.25, 0.3) is 10.5 Å². The summed E-state index contributed by atoms with van der Waals surface area (Å²) in [6.07, 6.45) is 2.40. The number of aromatic nitrogens is 2. The minimum atomic E-state index is 0. The van der Waals surface area contributed by atoms with Crippen LogP contribution >= 0.6 is 11.3 Å². The topological polar surface area (TPSA) is 42.4 Å². The first kappa shape index (κ1) is 14.9. The quantitative estimate of drug-likeness (QED) is 0.730. The number of aromatic hydroxyl groups is 1. The van der Waals surface area contributed by atoms with Gasteiger partial charge in [-0.05, 0) is 20.3 Å². The maximum atomic E-state index is 9.99. The van der Waals surface area contributed by atoms with Gasteiger partial charge in [-0.15, -0.1) is 11.3 Å².